The molecule has 1 aliphatic rings. The summed E-state index contributed by atoms with van der Waals surface area (Å²) in [7, 11) is 0. The van der Waals surface area contributed by atoms with Crippen molar-refractivity contribution in [2.45, 2.75) is 25.4 Å². The Hall–Kier alpha value is -1.32. The summed E-state index contributed by atoms with van der Waals surface area (Å²) >= 11 is 8.08. The summed E-state index contributed by atoms with van der Waals surface area (Å²) in [5.74, 6) is 0. The summed E-state index contributed by atoms with van der Waals surface area (Å²) in [5.41, 5.74) is 1.66. The van der Waals surface area contributed by atoms with Crippen LogP contribution in [0.2, 0.25) is 5.02 Å². The highest BCUT2D eigenvalue weighted by molar-refractivity contribution is 7.09. The number of halogens is 1. The van der Waals surface area contributed by atoms with E-state index in [-0.39, 0.29) is 0 Å². The number of anilines is 1. The molecule has 1 aromatic carbocycles. The van der Waals surface area contributed by atoms with Crippen molar-refractivity contribution in [3.63, 3.8) is 0 Å². The molecular formula is C15H14ClNOS. The number of thiophene rings is 1. The Kier molecular flexibility index (Phi) is 3.58. The van der Waals surface area contributed by atoms with Gasteiger partial charge in [-0.3, -0.25) is 4.79 Å². The maximum atomic E-state index is 10.8. The monoisotopic (exact) mass is 291 g/mol. The van der Waals surface area contributed by atoms with Crippen LogP contribution < -0.4 is 4.90 Å². The van der Waals surface area contributed by atoms with Gasteiger partial charge in [0.15, 0.2) is 0 Å². The minimum absolute atomic E-state index is 0.585. The number of aldehydes is 1. The second-order valence-electron chi connectivity index (χ2n) is 4.77. The highest BCUT2D eigenvalue weighted by Crippen LogP contribution is 2.37. The molecule has 0 saturated heterocycles. The summed E-state index contributed by atoms with van der Waals surface area (Å²) in [6.07, 6.45) is 3.27. The molecule has 0 N–H and O–H groups in total. The Morgan fingerprint density at radius 2 is 2.21 bits per heavy atom. The average molecular weight is 292 g/mol. The van der Waals surface area contributed by atoms with Crippen molar-refractivity contribution in [2.75, 3.05) is 4.90 Å². The molecule has 4 heteroatoms. The summed E-state index contributed by atoms with van der Waals surface area (Å²) < 4.78 is 0. The molecule has 0 aliphatic heterocycles. The minimum Gasteiger partial charge on any atom is -0.362 e. The number of hydrogen-bond acceptors (Lipinski definition) is 3. The molecule has 19 heavy (non-hydrogen) atoms. The summed E-state index contributed by atoms with van der Waals surface area (Å²) in [6.45, 7) is 0.891. The Morgan fingerprint density at radius 3 is 2.79 bits per heavy atom. The number of carbonyl (C=O) groups excluding carboxylic acids is 1. The maximum absolute atomic E-state index is 10.8. The van der Waals surface area contributed by atoms with Gasteiger partial charge in [-0.25, -0.2) is 0 Å². The topological polar surface area (TPSA) is 20.3 Å². The second kappa shape index (κ2) is 5.35. The molecule has 1 aromatic heterocycles. The lowest BCUT2D eigenvalue weighted by molar-refractivity contribution is 0.112. The van der Waals surface area contributed by atoms with Crippen molar-refractivity contribution in [1.82, 2.24) is 0 Å². The van der Waals surface area contributed by atoms with Crippen molar-refractivity contribution in [1.29, 1.82) is 0 Å². The first-order valence-corrected chi connectivity index (χ1v) is 7.57. The van der Waals surface area contributed by atoms with Crippen molar-refractivity contribution >= 4 is 34.9 Å². The zero-order chi connectivity index (χ0) is 13.2. The molecule has 0 radical (unpaired) electrons. The SMILES string of the molecule is O=Cc1ccc(N(Cc2cccs2)C2CC2)c(Cl)c1. The van der Waals surface area contributed by atoms with Gasteiger partial charge in [-0.15, -0.1) is 11.3 Å². The lowest BCUT2D eigenvalue weighted by Gasteiger charge is -2.25. The van der Waals surface area contributed by atoms with Gasteiger partial charge in [-0.05, 0) is 42.5 Å². The van der Waals surface area contributed by atoms with Crippen molar-refractivity contribution in [2.24, 2.45) is 0 Å². The standard InChI is InChI=1S/C15H14ClNOS/c16-14-8-11(10-18)3-6-15(14)17(12-4-5-12)9-13-2-1-7-19-13/h1-3,6-8,10,12H,4-5,9H2. The van der Waals surface area contributed by atoms with Crippen LogP contribution in [0.3, 0.4) is 0 Å². The number of rotatable bonds is 5. The number of nitrogens with zero attached hydrogens (tertiary/aromatic N) is 1. The van der Waals surface area contributed by atoms with Gasteiger partial charge in [0.2, 0.25) is 0 Å². The lowest BCUT2D eigenvalue weighted by atomic mass is 10.2. The predicted molar refractivity (Wildman–Crippen MR) is 80.4 cm³/mol. The van der Waals surface area contributed by atoms with Crippen LogP contribution in [0, 0.1) is 0 Å². The minimum atomic E-state index is 0.585. The first kappa shape index (κ1) is 12.7. The fourth-order valence-electron chi connectivity index (χ4n) is 2.20. The molecule has 2 nitrogen and oxygen atoms in total. The van der Waals surface area contributed by atoms with E-state index in [1.165, 1.54) is 17.7 Å². The van der Waals surface area contributed by atoms with E-state index in [1.807, 2.05) is 12.1 Å². The van der Waals surface area contributed by atoms with Gasteiger partial charge in [0.25, 0.3) is 0 Å². The zero-order valence-corrected chi connectivity index (χ0v) is 12.0. The van der Waals surface area contributed by atoms with E-state index in [1.54, 1.807) is 17.4 Å². The normalized spacial score (nSPS) is 14.4. The van der Waals surface area contributed by atoms with Crippen molar-refractivity contribution < 1.29 is 4.79 Å². The summed E-state index contributed by atoms with van der Waals surface area (Å²) in [6, 6.07) is 10.3. The zero-order valence-electron chi connectivity index (χ0n) is 10.4. The third-order valence-electron chi connectivity index (χ3n) is 3.31. The van der Waals surface area contributed by atoms with Crippen LogP contribution in [0.25, 0.3) is 0 Å². The first-order valence-electron chi connectivity index (χ1n) is 6.31. The largest absolute Gasteiger partial charge is 0.362 e. The molecule has 2 aromatic rings. The van der Waals surface area contributed by atoms with E-state index in [4.69, 9.17) is 11.6 Å². The molecule has 1 aliphatic carbocycles. The van der Waals surface area contributed by atoms with Crippen molar-refractivity contribution in [3.05, 3.63) is 51.2 Å². The molecule has 0 unspecified atom stereocenters. The molecule has 0 amide bonds. The Labute approximate surface area is 121 Å². The number of benzene rings is 1. The Bertz CT molecular complexity index is 578. The van der Waals surface area contributed by atoms with E-state index in [0.29, 0.717) is 16.6 Å². The smallest absolute Gasteiger partial charge is 0.150 e. The van der Waals surface area contributed by atoms with Crippen LogP contribution in [0.1, 0.15) is 28.1 Å². The summed E-state index contributed by atoms with van der Waals surface area (Å²) in [5, 5.41) is 2.75. The highest BCUT2D eigenvalue weighted by Gasteiger charge is 2.30. The van der Waals surface area contributed by atoms with Gasteiger partial charge in [0.05, 0.1) is 17.3 Å². The van der Waals surface area contributed by atoms with Crippen LogP contribution in [-0.2, 0) is 6.54 Å². The van der Waals surface area contributed by atoms with E-state index < -0.39 is 0 Å². The van der Waals surface area contributed by atoms with Crippen molar-refractivity contribution in [3.8, 4) is 0 Å². The van der Waals surface area contributed by atoms with Crippen LogP contribution in [0.5, 0.6) is 0 Å². The first-order chi connectivity index (χ1) is 9.28. The van der Waals surface area contributed by atoms with E-state index in [9.17, 15) is 4.79 Å². The molecule has 0 spiro atoms. The molecule has 3 rings (SSSR count). The summed E-state index contributed by atoms with van der Waals surface area (Å²) in [4.78, 5) is 14.5. The van der Waals surface area contributed by atoms with Crippen LogP contribution in [0.15, 0.2) is 35.7 Å². The molecule has 1 saturated carbocycles. The van der Waals surface area contributed by atoms with E-state index >= 15 is 0 Å². The molecule has 1 fully saturated rings. The average Bonchev–Trinajstić information content (AvgIpc) is 3.14. The predicted octanol–water partition coefficient (Wildman–Crippen LogP) is 4.38. The van der Waals surface area contributed by atoms with Gasteiger partial charge in [0, 0.05) is 16.5 Å². The third kappa shape index (κ3) is 2.82. The highest BCUT2D eigenvalue weighted by atomic mass is 35.5. The Morgan fingerprint density at radius 1 is 1.37 bits per heavy atom. The van der Waals surface area contributed by atoms with E-state index in [2.05, 4.69) is 22.4 Å². The second-order valence-corrected chi connectivity index (χ2v) is 6.21. The molecule has 0 atom stereocenters. The Balaban J connectivity index is 1.89. The maximum Gasteiger partial charge on any atom is 0.150 e. The molecular weight excluding hydrogens is 278 g/mol. The third-order valence-corrected chi connectivity index (χ3v) is 4.48. The number of carbonyl (C=O) groups is 1. The fraction of sp³-hybridized carbons (Fsp3) is 0.267. The fourth-order valence-corrected chi connectivity index (χ4v) is 3.20. The van der Waals surface area contributed by atoms with Gasteiger partial charge >= 0.3 is 0 Å². The van der Waals surface area contributed by atoms with Crippen LogP contribution in [-0.4, -0.2) is 12.3 Å². The van der Waals surface area contributed by atoms with Gasteiger partial charge < -0.3 is 4.90 Å². The molecule has 0 bridgehead atoms. The van der Waals surface area contributed by atoms with Crippen LogP contribution in [0.4, 0.5) is 5.69 Å². The number of hydrogen-bond donors (Lipinski definition) is 0. The van der Waals surface area contributed by atoms with E-state index in [0.717, 1.165) is 18.5 Å². The van der Waals surface area contributed by atoms with Crippen LogP contribution >= 0.6 is 22.9 Å². The van der Waals surface area contributed by atoms with Gasteiger partial charge in [-0.2, -0.15) is 0 Å². The quantitative estimate of drug-likeness (QED) is 0.762. The van der Waals surface area contributed by atoms with Gasteiger partial charge in [0.1, 0.15) is 6.29 Å². The molecule has 98 valence electrons. The molecule has 1 heterocycles. The lowest BCUT2D eigenvalue weighted by Crippen LogP contribution is -2.24. The van der Waals surface area contributed by atoms with Gasteiger partial charge in [-0.1, -0.05) is 17.7 Å².